The minimum absolute atomic E-state index is 0.144. The topological polar surface area (TPSA) is 98.2 Å². The SMILES string of the molecule is COc1cc(C=C2SC(=Nc3ccc(NC(C)=O)cc3)NC2=O)cc(OC)c1OC. The lowest BCUT2D eigenvalue weighted by atomic mass is 10.1. The molecule has 0 atom stereocenters. The van der Waals surface area contributed by atoms with Gasteiger partial charge in [-0.25, -0.2) is 4.99 Å². The van der Waals surface area contributed by atoms with Crippen molar-refractivity contribution in [3.8, 4) is 17.2 Å². The molecule has 1 saturated heterocycles. The normalized spacial score (nSPS) is 15.8. The maximum Gasteiger partial charge on any atom is 0.264 e. The van der Waals surface area contributed by atoms with Crippen molar-refractivity contribution >= 4 is 46.2 Å². The van der Waals surface area contributed by atoms with Crippen molar-refractivity contribution < 1.29 is 23.8 Å². The summed E-state index contributed by atoms with van der Waals surface area (Å²) in [6, 6.07) is 10.5. The Kier molecular flexibility index (Phi) is 6.63. The molecule has 1 heterocycles. The van der Waals surface area contributed by atoms with Gasteiger partial charge in [-0.2, -0.15) is 0 Å². The Balaban J connectivity index is 1.82. The summed E-state index contributed by atoms with van der Waals surface area (Å²) in [5.74, 6) is 1.09. The third-order valence-electron chi connectivity index (χ3n) is 4.05. The van der Waals surface area contributed by atoms with Gasteiger partial charge in [-0.05, 0) is 59.8 Å². The number of rotatable bonds is 6. The third-order valence-corrected chi connectivity index (χ3v) is 4.96. The van der Waals surface area contributed by atoms with E-state index >= 15 is 0 Å². The molecule has 30 heavy (non-hydrogen) atoms. The molecule has 0 radical (unpaired) electrons. The number of methoxy groups -OCH3 is 3. The number of ether oxygens (including phenoxy) is 3. The van der Waals surface area contributed by atoms with E-state index in [2.05, 4.69) is 15.6 Å². The van der Waals surface area contributed by atoms with Crippen LogP contribution in [0.15, 0.2) is 46.3 Å². The molecule has 0 aromatic heterocycles. The number of benzene rings is 2. The van der Waals surface area contributed by atoms with Crippen LogP contribution < -0.4 is 24.8 Å². The zero-order valence-corrected chi connectivity index (χ0v) is 17.8. The van der Waals surface area contributed by atoms with Gasteiger partial charge in [0.2, 0.25) is 11.7 Å². The van der Waals surface area contributed by atoms with E-state index in [0.29, 0.717) is 38.7 Å². The fourth-order valence-electron chi connectivity index (χ4n) is 2.76. The lowest BCUT2D eigenvalue weighted by Crippen LogP contribution is -2.19. The first-order chi connectivity index (χ1) is 14.4. The average Bonchev–Trinajstić information content (AvgIpc) is 3.06. The van der Waals surface area contributed by atoms with E-state index in [0.717, 1.165) is 5.56 Å². The van der Waals surface area contributed by atoms with Gasteiger partial charge in [-0.3, -0.25) is 9.59 Å². The van der Waals surface area contributed by atoms with E-state index in [9.17, 15) is 9.59 Å². The summed E-state index contributed by atoms with van der Waals surface area (Å²) in [6.45, 7) is 1.45. The zero-order chi connectivity index (χ0) is 21.7. The van der Waals surface area contributed by atoms with Gasteiger partial charge < -0.3 is 24.8 Å². The monoisotopic (exact) mass is 427 g/mol. The van der Waals surface area contributed by atoms with Crippen molar-refractivity contribution in [3.05, 3.63) is 46.9 Å². The van der Waals surface area contributed by atoms with E-state index in [1.54, 1.807) is 42.5 Å². The molecule has 3 rings (SSSR count). The molecule has 1 fully saturated rings. The lowest BCUT2D eigenvalue weighted by Gasteiger charge is -2.12. The highest BCUT2D eigenvalue weighted by molar-refractivity contribution is 8.18. The number of anilines is 1. The number of thioether (sulfide) groups is 1. The molecule has 9 heteroatoms. The summed E-state index contributed by atoms with van der Waals surface area (Å²) in [6.07, 6.45) is 1.73. The van der Waals surface area contributed by atoms with Crippen LogP contribution in [0.1, 0.15) is 12.5 Å². The van der Waals surface area contributed by atoms with Gasteiger partial charge in [0.1, 0.15) is 0 Å². The predicted octanol–water partition coefficient (Wildman–Crippen LogP) is 3.56. The number of nitrogens with one attached hydrogen (secondary N) is 2. The smallest absolute Gasteiger partial charge is 0.264 e. The van der Waals surface area contributed by atoms with Crippen molar-refractivity contribution in [2.24, 2.45) is 4.99 Å². The second-order valence-electron chi connectivity index (χ2n) is 6.17. The summed E-state index contributed by atoms with van der Waals surface area (Å²) in [4.78, 5) is 28.4. The molecule has 1 aliphatic rings. The van der Waals surface area contributed by atoms with E-state index in [4.69, 9.17) is 14.2 Å². The maximum atomic E-state index is 12.4. The number of amides is 2. The van der Waals surface area contributed by atoms with Crippen LogP contribution in [0, 0.1) is 0 Å². The number of hydrogen-bond acceptors (Lipinski definition) is 7. The quantitative estimate of drug-likeness (QED) is 0.684. The van der Waals surface area contributed by atoms with Crippen molar-refractivity contribution in [1.82, 2.24) is 5.32 Å². The highest BCUT2D eigenvalue weighted by Gasteiger charge is 2.24. The van der Waals surface area contributed by atoms with Crippen molar-refractivity contribution in [1.29, 1.82) is 0 Å². The van der Waals surface area contributed by atoms with E-state index in [1.807, 2.05) is 0 Å². The molecular formula is C21H21N3O5S. The summed E-state index contributed by atoms with van der Waals surface area (Å²) in [5.41, 5.74) is 2.06. The number of carbonyl (C=O) groups is 2. The molecule has 0 spiro atoms. The van der Waals surface area contributed by atoms with Gasteiger partial charge >= 0.3 is 0 Å². The second kappa shape index (κ2) is 9.36. The van der Waals surface area contributed by atoms with Gasteiger partial charge in [0.25, 0.3) is 5.91 Å². The summed E-state index contributed by atoms with van der Waals surface area (Å²) < 4.78 is 16.0. The van der Waals surface area contributed by atoms with E-state index in [1.165, 1.54) is 40.0 Å². The fraction of sp³-hybridized carbons (Fsp3) is 0.190. The van der Waals surface area contributed by atoms with Crippen molar-refractivity contribution in [2.75, 3.05) is 26.6 Å². The Morgan fingerprint density at radius 3 is 2.23 bits per heavy atom. The molecule has 0 saturated carbocycles. The third kappa shape index (κ3) is 4.93. The van der Waals surface area contributed by atoms with Gasteiger partial charge in [-0.15, -0.1) is 0 Å². The number of amidine groups is 1. The van der Waals surface area contributed by atoms with Crippen LogP contribution in [-0.2, 0) is 9.59 Å². The van der Waals surface area contributed by atoms with Gasteiger partial charge in [0.05, 0.1) is 31.9 Å². The van der Waals surface area contributed by atoms with Crippen LogP contribution >= 0.6 is 11.8 Å². The summed E-state index contributed by atoms with van der Waals surface area (Å²) in [7, 11) is 4.60. The first-order valence-electron chi connectivity index (χ1n) is 8.90. The fourth-order valence-corrected chi connectivity index (χ4v) is 3.60. The van der Waals surface area contributed by atoms with Crippen LogP contribution in [0.4, 0.5) is 11.4 Å². The molecule has 2 aromatic carbocycles. The Morgan fingerprint density at radius 2 is 1.70 bits per heavy atom. The Morgan fingerprint density at radius 1 is 1.07 bits per heavy atom. The molecular weight excluding hydrogens is 406 g/mol. The van der Waals surface area contributed by atoms with Crippen LogP contribution in [-0.4, -0.2) is 38.3 Å². The van der Waals surface area contributed by atoms with E-state index in [-0.39, 0.29) is 11.8 Å². The number of hydrogen-bond donors (Lipinski definition) is 2. The molecule has 2 amide bonds. The molecule has 0 unspecified atom stereocenters. The highest BCUT2D eigenvalue weighted by Crippen LogP contribution is 2.39. The number of nitrogens with zero attached hydrogens (tertiary/aromatic N) is 1. The first kappa shape index (κ1) is 21.3. The van der Waals surface area contributed by atoms with Gasteiger partial charge in [0, 0.05) is 12.6 Å². The van der Waals surface area contributed by atoms with Crippen LogP contribution in [0.2, 0.25) is 0 Å². The average molecular weight is 427 g/mol. The Hall–Kier alpha value is -3.46. The van der Waals surface area contributed by atoms with Crippen LogP contribution in [0.3, 0.4) is 0 Å². The number of carbonyl (C=O) groups excluding carboxylic acids is 2. The highest BCUT2D eigenvalue weighted by atomic mass is 32.2. The molecule has 0 aliphatic carbocycles. The van der Waals surface area contributed by atoms with Crippen LogP contribution in [0.5, 0.6) is 17.2 Å². The molecule has 1 aliphatic heterocycles. The molecule has 156 valence electrons. The molecule has 2 N–H and O–H groups in total. The van der Waals surface area contributed by atoms with E-state index < -0.39 is 0 Å². The largest absolute Gasteiger partial charge is 0.493 e. The first-order valence-corrected chi connectivity index (χ1v) is 9.72. The maximum absolute atomic E-state index is 12.4. The Bertz CT molecular complexity index is 1010. The van der Waals surface area contributed by atoms with Crippen molar-refractivity contribution in [2.45, 2.75) is 6.92 Å². The molecule has 0 bridgehead atoms. The lowest BCUT2D eigenvalue weighted by molar-refractivity contribution is -0.115. The minimum Gasteiger partial charge on any atom is -0.493 e. The predicted molar refractivity (Wildman–Crippen MR) is 118 cm³/mol. The second-order valence-corrected chi connectivity index (χ2v) is 7.20. The molecule has 8 nitrogen and oxygen atoms in total. The number of aliphatic imine (C=N–C) groups is 1. The van der Waals surface area contributed by atoms with Crippen molar-refractivity contribution in [3.63, 3.8) is 0 Å². The molecule has 2 aromatic rings. The van der Waals surface area contributed by atoms with Crippen LogP contribution in [0.25, 0.3) is 6.08 Å². The summed E-state index contributed by atoms with van der Waals surface area (Å²) >= 11 is 1.23. The summed E-state index contributed by atoms with van der Waals surface area (Å²) in [5, 5.41) is 5.90. The van der Waals surface area contributed by atoms with Gasteiger partial charge in [-0.1, -0.05) is 0 Å². The van der Waals surface area contributed by atoms with Gasteiger partial charge in [0.15, 0.2) is 16.7 Å². The standard InChI is InChI=1S/C21H21N3O5S/c1-12(25)22-14-5-7-15(8-6-14)23-21-24-20(26)18(30-21)11-13-9-16(27-2)19(29-4)17(10-13)28-3/h5-11H,1-4H3,(H,22,25)(H,23,24,26). The Labute approximate surface area is 178 Å². The minimum atomic E-state index is -0.248. The zero-order valence-electron chi connectivity index (χ0n) is 16.9.